The van der Waals surface area contributed by atoms with Crippen molar-refractivity contribution in [3.05, 3.63) is 29.3 Å². The molecule has 16 heavy (non-hydrogen) atoms. The second-order valence-corrected chi connectivity index (χ2v) is 3.34. The van der Waals surface area contributed by atoms with Crippen LogP contribution in [0.4, 0.5) is 10.5 Å². The van der Waals surface area contributed by atoms with Gasteiger partial charge in [0, 0.05) is 17.8 Å². The molecule has 1 aromatic rings. The van der Waals surface area contributed by atoms with Crippen LogP contribution in [0.2, 0.25) is 5.02 Å². The van der Waals surface area contributed by atoms with E-state index in [1.54, 1.807) is 31.4 Å². The summed E-state index contributed by atoms with van der Waals surface area (Å²) in [5.41, 5.74) is 2.81. The summed E-state index contributed by atoms with van der Waals surface area (Å²) in [7, 11) is 1.55. The Bertz CT molecular complexity index is 347. The maximum Gasteiger partial charge on any atom is 0.343 e. The first kappa shape index (κ1) is 12.8. The molecule has 1 rings (SSSR count). The van der Waals surface area contributed by atoms with Gasteiger partial charge in [0.15, 0.2) is 0 Å². The molecule has 5 nitrogen and oxygen atoms in total. The summed E-state index contributed by atoms with van der Waals surface area (Å²) >= 11 is 5.75. The number of rotatable bonds is 5. The molecule has 0 aliphatic rings. The van der Waals surface area contributed by atoms with Crippen molar-refractivity contribution < 1.29 is 14.4 Å². The Balaban J connectivity index is 2.29. The molecule has 0 bridgehead atoms. The number of urea groups is 1. The second kappa shape index (κ2) is 7.05. The number of benzene rings is 1. The summed E-state index contributed by atoms with van der Waals surface area (Å²) < 4.78 is 4.74. The minimum Gasteiger partial charge on any atom is -0.382 e. The Morgan fingerprint density at radius 3 is 2.94 bits per heavy atom. The molecule has 2 N–H and O–H groups in total. The molecule has 0 fully saturated rings. The number of amides is 2. The van der Waals surface area contributed by atoms with E-state index in [4.69, 9.17) is 21.2 Å². The lowest BCUT2D eigenvalue weighted by Gasteiger charge is -2.07. The van der Waals surface area contributed by atoms with Gasteiger partial charge in [-0.15, -0.1) is 0 Å². The second-order valence-electron chi connectivity index (χ2n) is 2.91. The summed E-state index contributed by atoms with van der Waals surface area (Å²) in [6, 6.07) is 6.36. The lowest BCUT2D eigenvalue weighted by Crippen LogP contribution is -2.30. The third kappa shape index (κ3) is 4.97. The van der Waals surface area contributed by atoms with E-state index in [0.717, 1.165) is 0 Å². The molecule has 88 valence electrons. The van der Waals surface area contributed by atoms with Crippen molar-refractivity contribution in [3.63, 3.8) is 0 Å². The Hall–Kier alpha value is -1.30. The van der Waals surface area contributed by atoms with Gasteiger partial charge in [-0.1, -0.05) is 17.7 Å². The highest BCUT2D eigenvalue weighted by molar-refractivity contribution is 6.30. The van der Waals surface area contributed by atoms with Crippen LogP contribution in [0.25, 0.3) is 0 Å². The molecule has 0 aliphatic carbocycles. The molecule has 0 saturated heterocycles. The van der Waals surface area contributed by atoms with Gasteiger partial charge in [0.05, 0.1) is 13.2 Å². The average molecular weight is 245 g/mol. The Labute approximate surface area is 98.6 Å². The number of hydrogen-bond donors (Lipinski definition) is 2. The van der Waals surface area contributed by atoms with Crippen LogP contribution in [-0.4, -0.2) is 26.4 Å². The Morgan fingerprint density at radius 1 is 1.44 bits per heavy atom. The van der Waals surface area contributed by atoms with Gasteiger partial charge in [-0.2, -0.15) is 0 Å². The number of methoxy groups -OCH3 is 1. The predicted molar refractivity (Wildman–Crippen MR) is 61.4 cm³/mol. The molecule has 6 heteroatoms. The summed E-state index contributed by atoms with van der Waals surface area (Å²) in [6.07, 6.45) is 0. The summed E-state index contributed by atoms with van der Waals surface area (Å²) in [6.45, 7) is 0.705. The monoisotopic (exact) mass is 244 g/mol. The lowest BCUT2D eigenvalue weighted by molar-refractivity contribution is 0.0272. The standard InChI is InChI=1S/C10H13ClN2O3/c1-15-5-6-16-13-10(14)12-9-4-2-3-8(11)7-9/h2-4,7H,5-6H2,1H3,(H2,12,13,14). The van der Waals surface area contributed by atoms with Crippen molar-refractivity contribution in [2.45, 2.75) is 0 Å². The molecule has 0 radical (unpaired) electrons. The molecule has 0 heterocycles. The zero-order chi connectivity index (χ0) is 11.8. The van der Waals surface area contributed by atoms with Crippen molar-refractivity contribution >= 4 is 23.3 Å². The Kier molecular flexibility index (Phi) is 5.63. The van der Waals surface area contributed by atoms with Crippen molar-refractivity contribution in [1.82, 2.24) is 5.48 Å². The van der Waals surface area contributed by atoms with Crippen LogP contribution in [0.15, 0.2) is 24.3 Å². The molecular weight excluding hydrogens is 232 g/mol. The van der Waals surface area contributed by atoms with Crippen LogP contribution in [0.3, 0.4) is 0 Å². The highest BCUT2D eigenvalue weighted by Crippen LogP contribution is 2.14. The molecular formula is C10H13ClN2O3. The van der Waals surface area contributed by atoms with Gasteiger partial charge < -0.3 is 10.1 Å². The minimum absolute atomic E-state index is 0.291. The third-order valence-electron chi connectivity index (χ3n) is 1.64. The smallest absolute Gasteiger partial charge is 0.343 e. The topological polar surface area (TPSA) is 59.6 Å². The molecule has 0 atom stereocenters. The van der Waals surface area contributed by atoms with Crippen molar-refractivity contribution in [1.29, 1.82) is 0 Å². The molecule has 0 spiro atoms. The van der Waals surface area contributed by atoms with Gasteiger partial charge in [-0.05, 0) is 18.2 Å². The summed E-state index contributed by atoms with van der Waals surface area (Å²) in [5.74, 6) is 0. The van der Waals surface area contributed by atoms with Gasteiger partial charge in [0.1, 0.15) is 0 Å². The number of hydroxylamine groups is 1. The van der Waals surface area contributed by atoms with Crippen molar-refractivity contribution in [3.8, 4) is 0 Å². The average Bonchev–Trinajstić information content (AvgIpc) is 2.24. The van der Waals surface area contributed by atoms with Crippen LogP contribution in [0.1, 0.15) is 0 Å². The molecule has 2 amide bonds. The van der Waals surface area contributed by atoms with Gasteiger partial charge in [0.2, 0.25) is 0 Å². The van der Waals surface area contributed by atoms with E-state index in [-0.39, 0.29) is 0 Å². The fourth-order valence-electron chi connectivity index (χ4n) is 0.964. The largest absolute Gasteiger partial charge is 0.382 e. The first-order chi connectivity index (χ1) is 7.72. The number of ether oxygens (including phenoxy) is 1. The van der Waals surface area contributed by atoms with Gasteiger partial charge in [-0.3, -0.25) is 4.84 Å². The molecule has 1 aromatic carbocycles. The predicted octanol–water partition coefficient (Wildman–Crippen LogP) is 2.04. The van der Waals surface area contributed by atoms with Gasteiger partial charge in [-0.25, -0.2) is 10.3 Å². The van der Waals surface area contributed by atoms with Crippen LogP contribution in [0.5, 0.6) is 0 Å². The fourth-order valence-corrected chi connectivity index (χ4v) is 1.15. The summed E-state index contributed by atoms with van der Waals surface area (Å²) in [4.78, 5) is 16.1. The van der Waals surface area contributed by atoms with Crippen LogP contribution < -0.4 is 10.8 Å². The lowest BCUT2D eigenvalue weighted by atomic mass is 10.3. The maximum atomic E-state index is 11.3. The SMILES string of the molecule is COCCONC(=O)Nc1cccc(Cl)c1. The zero-order valence-electron chi connectivity index (χ0n) is 8.83. The maximum absolute atomic E-state index is 11.3. The highest BCUT2D eigenvalue weighted by atomic mass is 35.5. The van der Waals surface area contributed by atoms with E-state index in [1.807, 2.05) is 0 Å². The molecule has 0 aliphatic heterocycles. The van der Waals surface area contributed by atoms with Crippen molar-refractivity contribution in [2.75, 3.05) is 25.6 Å². The van der Waals surface area contributed by atoms with E-state index >= 15 is 0 Å². The number of halogens is 1. The normalized spacial score (nSPS) is 9.88. The minimum atomic E-state index is -0.460. The highest BCUT2D eigenvalue weighted by Gasteiger charge is 2.01. The molecule has 0 saturated carbocycles. The van der Waals surface area contributed by atoms with Gasteiger partial charge in [0.25, 0.3) is 0 Å². The third-order valence-corrected chi connectivity index (χ3v) is 1.87. The van der Waals surface area contributed by atoms with Crippen LogP contribution >= 0.6 is 11.6 Å². The molecule has 0 unspecified atom stereocenters. The fraction of sp³-hybridized carbons (Fsp3) is 0.300. The number of carbonyl (C=O) groups excluding carboxylic acids is 1. The first-order valence-electron chi connectivity index (χ1n) is 4.65. The zero-order valence-corrected chi connectivity index (χ0v) is 9.58. The van der Waals surface area contributed by atoms with E-state index in [0.29, 0.717) is 23.9 Å². The van der Waals surface area contributed by atoms with E-state index in [9.17, 15) is 4.79 Å². The quantitative estimate of drug-likeness (QED) is 0.616. The van der Waals surface area contributed by atoms with Crippen molar-refractivity contribution in [2.24, 2.45) is 0 Å². The van der Waals surface area contributed by atoms with E-state index in [1.165, 1.54) is 0 Å². The summed E-state index contributed by atoms with van der Waals surface area (Å²) in [5, 5.41) is 3.11. The van der Waals surface area contributed by atoms with Gasteiger partial charge >= 0.3 is 6.03 Å². The first-order valence-corrected chi connectivity index (χ1v) is 5.03. The Morgan fingerprint density at radius 2 is 2.25 bits per heavy atom. The number of nitrogens with one attached hydrogen (secondary N) is 2. The van der Waals surface area contributed by atoms with E-state index < -0.39 is 6.03 Å². The number of hydrogen-bond acceptors (Lipinski definition) is 3. The van der Waals surface area contributed by atoms with Crippen LogP contribution in [0, 0.1) is 0 Å². The van der Waals surface area contributed by atoms with Crippen LogP contribution in [-0.2, 0) is 9.57 Å². The number of anilines is 1. The van der Waals surface area contributed by atoms with E-state index in [2.05, 4.69) is 10.8 Å². The molecule has 0 aromatic heterocycles. The number of carbonyl (C=O) groups is 1.